The maximum absolute atomic E-state index is 12.9. The first-order valence-electron chi connectivity index (χ1n) is 19.8. The molecule has 4 atom stereocenters. The minimum atomic E-state index is -0.645. The summed E-state index contributed by atoms with van der Waals surface area (Å²) in [6, 6.07) is 36.9. The summed E-state index contributed by atoms with van der Waals surface area (Å²) in [5, 5.41) is 5.52. The van der Waals surface area contributed by atoms with Gasteiger partial charge in [0.05, 0.1) is 0 Å². The van der Waals surface area contributed by atoms with E-state index in [0.717, 1.165) is 76.8 Å². The van der Waals surface area contributed by atoms with Crippen LogP contribution in [-0.2, 0) is 38.1 Å². The molecule has 0 saturated heterocycles. The van der Waals surface area contributed by atoms with Crippen LogP contribution >= 0.6 is 0 Å². The van der Waals surface area contributed by atoms with Crippen LogP contribution in [-0.4, -0.2) is 48.3 Å². The molecule has 0 radical (unpaired) electrons. The number of hydrogen-bond donors (Lipinski definition) is 0. The van der Waals surface area contributed by atoms with E-state index < -0.39 is 48.3 Å². The molecule has 6 aromatic rings. The van der Waals surface area contributed by atoms with Crippen LogP contribution in [0.1, 0.15) is 64.5 Å². The van der Waals surface area contributed by atoms with Crippen LogP contribution in [0.15, 0.2) is 121 Å². The maximum atomic E-state index is 12.9. The average molecular weight is 773 g/mol. The third-order valence-electron chi connectivity index (χ3n) is 11.0. The molecule has 0 saturated carbocycles. The Bertz CT molecular complexity index is 2470. The first kappa shape index (κ1) is 38.3. The molecule has 0 heterocycles. The van der Waals surface area contributed by atoms with Crippen LogP contribution in [0.2, 0.25) is 0 Å². The highest BCUT2D eigenvalue weighted by molar-refractivity contribution is 6.30. The highest BCUT2D eigenvalue weighted by atomic mass is 16.6. The minimum Gasteiger partial charge on any atom is -0.458 e. The van der Waals surface area contributed by atoms with Crippen LogP contribution in [0, 0.1) is 0 Å². The van der Waals surface area contributed by atoms with Crippen molar-refractivity contribution in [3.63, 3.8) is 0 Å². The lowest BCUT2D eigenvalue weighted by atomic mass is 9.74. The van der Waals surface area contributed by atoms with Crippen molar-refractivity contribution in [2.24, 2.45) is 0 Å². The molecule has 8 heteroatoms. The lowest BCUT2D eigenvalue weighted by molar-refractivity contribution is -0.148. The number of fused-ring (bicyclic) bond motifs is 3. The van der Waals surface area contributed by atoms with Gasteiger partial charge in [-0.25, -0.2) is 0 Å². The molecule has 0 N–H and O–H groups in total. The fraction of sp³-hybridized carbons (Fsp3) is 0.240. The van der Waals surface area contributed by atoms with Crippen LogP contribution in [0.4, 0.5) is 0 Å². The fourth-order valence-electron chi connectivity index (χ4n) is 9.01. The highest BCUT2D eigenvalue weighted by Gasteiger charge is 2.36. The van der Waals surface area contributed by atoms with Crippen molar-refractivity contribution in [3.05, 3.63) is 132 Å². The largest absolute Gasteiger partial charge is 0.458 e. The number of rotatable bonds is 8. The zero-order chi connectivity index (χ0) is 40.5. The van der Waals surface area contributed by atoms with E-state index in [2.05, 4.69) is 48.5 Å². The van der Waals surface area contributed by atoms with E-state index in [-0.39, 0.29) is 0 Å². The number of benzene rings is 6. The molecule has 2 aliphatic rings. The minimum absolute atomic E-state index is 0.401. The van der Waals surface area contributed by atoms with Crippen molar-refractivity contribution in [3.8, 4) is 22.3 Å². The number of carbonyl (C=O) groups excluding carboxylic acids is 4. The second-order valence-electron chi connectivity index (χ2n) is 15.0. The second kappa shape index (κ2) is 16.1. The molecule has 4 unspecified atom stereocenters. The van der Waals surface area contributed by atoms with Crippen LogP contribution < -0.4 is 0 Å². The summed E-state index contributed by atoms with van der Waals surface area (Å²) >= 11 is 0. The molecule has 8 rings (SSSR count). The van der Waals surface area contributed by atoms with Gasteiger partial charge in [0.2, 0.25) is 0 Å². The van der Waals surface area contributed by atoms with E-state index in [1.165, 1.54) is 27.7 Å². The predicted molar refractivity (Wildman–Crippen MR) is 226 cm³/mol. The highest BCUT2D eigenvalue weighted by Crippen LogP contribution is 2.53. The van der Waals surface area contributed by atoms with Crippen molar-refractivity contribution in [2.45, 2.75) is 77.8 Å². The van der Waals surface area contributed by atoms with E-state index in [9.17, 15) is 19.2 Å². The zero-order valence-electron chi connectivity index (χ0n) is 33.0. The molecule has 8 nitrogen and oxygen atoms in total. The normalized spacial score (nSPS) is 19.2. The van der Waals surface area contributed by atoms with E-state index in [1.54, 1.807) is 0 Å². The SMILES string of the molecule is CC(=O)OC1C=C(c2c3ccccc3c(-c3ccccc3)c3c(C4=CC(OC(C)=O)CCC4OC(C)=O)c4ccccc4c(-c4ccccc4)c23)C(OC(C)=O)CC1. The van der Waals surface area contributed by atoms with Crippen molar-refractivity contribution < 1.29 is 38.1 Å². The molecule has 0 amide bonds. The van der Waals surface area contributed by atoms with Gasteiger partial charge in [0.15, 0.2) is 0 Å². The smallest absolute Gasteiger partial charge is 0.303 e. The third kappa shape index (κ3) is 7.38. The van der Waals surface area contributed by atoms with Gasteiger partial charge in [-0.3, -0.25) is 19.2 Å². The predicted octanol–water partition coefficient (Wildman–Crippen LogP) is 10.6. The van der Waals surface area contributed by atoms with Crippen LogP contribution in [0.5, 0.6) is 0 Å². The summed E-state index contributed by atoms with van der Waals surface area (Å²) in [5.41, 5.74) is 7.01. The first-order valence-corrected chi connectivity index (χ1v) is 19.8. The summed E-state index contributed by atoms with van der Waals surface area (Å²) in [6.45, 7) is 5.63. The van der Waals surface area contributed by atoms with Crippen LogP contribution in [0.25, 0.3) is 65.7 Å². The number of carbonyl (C=O) groups is 4. The average Bonchev–Trinajstić information content (AvgIpc) is 3.20. The maximum Gasteiger partial charge on any atom is 0.303 e. The van der Waals surface area contributed by atoms with Gasteiger partial charge in [-0.1, -0.05) is 109 Å². The van der Waals surface area contributed by atoms with Gasteiger partial charge in [0.25, 0.3) is 0 Å². The van der Waals surface area contributed by atoms with E-state index in [4.69, 9.17) is 18.9 Å². The van der Waals surface area contributed by atoms with Gasteiger partial charge >= 0.3 is 23.9 Å². The third-order valence-corrected chi connectivity index (χ3v) is 11.0. The van der Waals surface area contributed by atoms with Gasteiger partial charge in [-0.05, 0) is 104 Å². The number of ether oxygens (including phenoxy) is 4. The first-order chi connectivity index (χ1) is 28.1. The monoisotopic (exact) mass is 772 g/mol. The molecule has 292 valence electrons. The Balaban J connectivity index is 1.67. The quantitative estimate of drug-likeness (QED) is 0.0855. The molecule has 2 aliphatic carbocycles. The van der Waals surface area contributed by atoms with Gasteiger partial charge in [0.1, 0.15) is 24.4 Å². The van der Waals surface area contributed by atoms with Crippen molar-refractivity contribution in [1.82, 2.24) is 0 Å². The summed E-state index contributed by atoms with van der Waals surface area (Å²) < 4.78 is 24.0. The van der Waals surface area contributed by atoms with E-state index >= 15 is 0 Å². The second-order valence-corrected chi connectivity index (χ2v) is 15.0. The van der Waals surface area contributed by atoms with Crippen molar-refractivity contribution >= 4 is 67.3 Å². The molecule has 6 aromatic carbocycles. The Morgan fingerprint density at radius 1 is 0.397 bits per heavy atom. The van der Waals surface area contributed by atoms with Gasteiger partial charge in [0, 0.05) is 38.8 Å². The van der Waals surface area contributed by atoms with Crippen molar-refractivity contribution in [2.75, 3.05) is 0 Å². The molecular formula is C50H44O8. The molecule has 0 bridgehead atoms. The van der Waals surface area contributed by atoms with Gasteiger partial charge in [-0.2, -0.15) is 0 Å². The summed E-state index contributed by atoms with van der Waals surface area (Å²) in [4.78, 5) is 50.6. The summed E-state index contributed by atoms with van der Waals surface area (Å²) in [5.74, 6) is -1.64. The number of esters is 4. The van der Waals surface area contributed by atoms with E-state index in [1.807, 2.05) is 72.8 Å². The van der Waals surface area contributed by atoms with Crippen molar-refractivity contribution in [1.29, 1.82) is 0 Å². The summed E-state index contributed by atoms with van der Waals surface area (Å²) in [6.07, 6.45) is 3.33. The Hall–Kier alpha value is -6.54. The topological polar surface area (TPSA) is 105 Å². The van der Waals surface area contributed by atoms with E-state index in [0.29, 0.717) is 25.7 Å². The molecule has 0 spiro atoms. The van der Waals surface area contributed by atoms with Crippen LogP contribution in [0.3, 0.4) is 0 Å². The Kier molecular flexibility index (Phi) is 10.7. The van der Waals surface area contributed by atoms with Gasteiger partial charge < -0.3 is 18.9 Å². The zero-order valence-corrected chi connectivity index (χ0v) is 33.0. The summed E-state index contributed by atoms with van der Waals surface area (Å²) in [7, 11) is 0. The standard InChI is InChI=1S/C50H44O8/c1-29(51)55-35-23-25-43(57-31(3)53)41(27-35)47-39-21-13-11-19-37(39)46(34-17-9-6-10-18-34)50-48(42-28-36(56-30(2)52)24-26-44(42)58-32(4)54)40-22-14-12-20-38(40)45(49(47)50)33-15-7-5-8-16-33/h5-22,27-28,35-36,43-44H,23-26H2,1-4H3. The Labute approximate surface area is 337 Å². The number of hydrogen-bond acceptors (Lipinski definition) is 8. The molecule has 0 fully saturated rings. The Morgan fingerprint density at radius 2 is 0.707 bits per heavy atom. The molecule has 0 aliphatic heterocycles. The lowest BCUT2D eigenvalue weighted by Gasteiger charge is -2.33. The fourth-order valence-corrected chi connectivity index (χ4v) is 9.01. The Morgan fingerprint density at radius 3 is 1.03 bits per heavy atom. The molecule has 58 heavy (non-hydrogen) atoms. The lowest BCUT2D eigenvalue weighted by Crippen LogP contribution is -2.28. The van der Waals surface area contributed by atoms with Gasteiger partial charge in [-0.15, -0.1) is 0 Å². The molecule has 0 aromatic heterocycles. The molecular weight excluding hydrogens is 729 g/mol.